The van der Waals surface area contributed by atoms with Crippen LogP contribution in [0.25, 0.3) is 10.9 Å². The molecule has 3 aromatic rings. The number of aromatic nitrogens is 2. The molecule has 0 bridgehead atoms. The number of aryl methyl sites for hydroxylation is 2. The van der Waals surface area contributed by atoms with E-state index in [9.17, 15) is 9.59 Å². The lowest BCUT2D eigenvalue weighted by Gasteiger charge is -2.25. The van der Waals surface area contributed by atoms with E-state index >= 15 is 0 Å². The Kier molecular flexibility index (Phi) is 7.07. The highest BCUT2D eigenvalue weighted by atomic mass is 16.5. The third-order valence-corrected chi connectivity index (χ3v) is 6.55. The lowest BCUT2D eigenvalue weighted by atomic mass is 9.94. The molecule has 2 aromatic heterocycles. The molecule has 0 unspecified atom stereocenters. The quantitative estimate of drug-likeness (QED) is 0.444. The molecule has 1 aromatic carbocycles. The van der Waals surface area contributed by atoms with Crippen LogP contribution in [0.1, 0.15) is 61.4 Å². The Morgan fingerprint density at radius 3 is 2.68 bits per heavy atom. The summed E-state index contributed by atoms with van der Waals surface area (Å²) in [4.78, 5) is 24.3. The number of hydrogen-bond acceptors (Lipinski definition) is 5. The summed E-state index contributed by atoms with van der Waals surface area (Å²) < 4.78 is 7.64. The Morgan fingerprint density at radius 2 is 2.00 bits per heavy atom. The molecule has 8 heteroatoms. The van der Waals surface area contributed by atoms with Gasteiger partial charge in [-0.2, -0.15) is 0 Å². The molecule has 0 saturated heterocycles. The Balaban J connectivity index is 1.67. The van der Waals surface area contributed by atoms with Crippen molar-refractivity contribution >= 4 is 22.7 Å². The second-order valence-corrected chi connectivity index (χ2v) is 9.71. The number of carbonyl (C=O) groups excluding carboxylic acids is 2. The summed E-state index contributed by atoms with van der Waals surface area (Å²) in [6.45, 7) is 11.3. The SMILES string of the molecule is CC(=O)NCCNC(=O)[C@@H]1Cc2cn(Cc3c(C)noc3C)c3cccc(c23)[C@H](CC(C)C)N1. The van der Waals surface area contributed by atoms with Crippen LogP contribution in [0.2, 0.25) is 0 Å². The standard InChI is InChI=1S/C26H35N5O3/c1-15(2)11-22-20-7-6-8-24-25(20)19(13-31(24)14-21-16(3)30-34-17(21)4)12-23(29-22)26(33)28-10-9-27-18(5)32/h6-8,13,15,22-23,29H,9-12,14H2,1-5H3,(H,27,32)(H,28,33)/t22-,23-/m0/s1. The number of benzene rings is 1. The summed E-state index contributed by atoms with van der Waals surface area (Å²) in [7, 11) is 0. The molecule has 34 heavy (non-hydrogen) atoms. The average Bonchev–Trinajstić information content (AvgIpc) is 3.24. The predicted molar refractivity (Wildman–Crippen MR) is 132 cm³/mol. The smallest absolute Gasteiger partial charge is 0.237 e. The fourth-order valence-electron chi connectivity index (χ4n) is 4.94. The molecule has 1 aliphatic heterocycles. The minimum absolute atomic E-state index is 0.0430. The summed E-state index contributed by atoms with van der Waals surface area (Å²) in [6, 6.07) is 6.16. The van der Waals surface area contributed by atoms with Gasteiger partial charge in [-0.25, -0.2) is 0 Å². The highest BCUT2D eigenvalue weighted by molar-refractivity contribution is 5.90. The van der Waals surface area contributed by atoms with Crippen LogP contribution >= 0.6 is 0 Å². The molecular weight excluding hydrogens is 430 g/mol. The Bertz CT molecular complexity index is 1170. The minimum Gasteiger partial charge on any atom is -0.361 e. The van der Waals surface area contributed by atoms with Crippen LogP contribution in [0.4, 0.5) is 0 Å². The van der Waals surface area contributed by atoms with Crippen molar-refractivity contribution < 1.29 is 14.1 Å². The summed E-state index contributed by atoms with van der Waals surface area (Å²) in [5.41, 5.74) is 5.56. The molecule has 3 heterocycles. The molecule has 8 nitrogen and oxygen atoms in total. The summed E-state index contributed by atoms with van der Waals surface area (Å²) in [6.07, 6.45) is 3.71. The molecule has 0 saturated carbocycles. The van der Waals surface area contributed by atoms with Crippen molar-refractivity contribution in [3.05, 3.63) is 52.5 Å². The topological polar surface area (TPSA) is 101 Å². The van der Waals surface area contributed by atoms with Crippen LogP contribution in [0.5, 0.6) is 0 Å². The molecule has 182 valence electrons. The van der Waals surface area contributed by atoms with Crippen molar-refractivity contribution in [3.63, 3.8) is 0 Å². The van der Waals surface area contributed by atoms with Crippen LogP contribution in [-0.4, -0.2) is 40.7 Å². The first-order chi connectivity index (χ1) is 16.2. The van der Waals surface area contributed by atoms with E-state index < -0.39 is 0 Å². The van der Waals surface area contributed by atoms with Crippen molar-refractivity contribution in [2.24, 2.45) is 5.92 Å². The molecular formula is C26H35N5O3. The fraction of sp³-hybridized carbons (Fsp3) is 0.500. The normalized spacial score (nSPS) is 17.7. The second-order valence-electron chi connectivity index (χ2n) is 9.71. The summed E-state index contributed by atoms with van der Waals surface area (Å²) in [5, 5.41) is 14.7. The molecule has 2 amide bonds. The molecule has 0 spiro atoms. The van der Waals surface area contributed by atoms with Gasteiger partial charge < -0.3 is 19.7 Å². The van der Waals surface area contributed by atoms with Crippen LogP contribution < -0.4 is 16.0 Å². The predicted octanol–water partition coefficient (Wildman–Crippen LogP) is 3.15. The maximum atomic E-state index is 13.1. The Labute approximate surface area is 200 Å². The van der Waals surface area contributed by atoms with Gasteiger partial charge in [0.1, 0.15) is 5.76 Å². The number of nitrogens with one attached hydrogen (secondary N) is 3. The van der Waals surface area contributed by atoms with Crippen molar-refractivity contribution in [2.45, 2.75) is 66.1 Å². The minimum atomic E-state index is -0.355. The van der Waals surface area contributed by atoms with Gasteiger partial charge in [0.25, 0.3) is 0 Å². The lowest BCUT2D eigenvalue weighted by molar-refractivity contribution is -0.124. The Morgan fingerprint density at radius 1 is 1.24 bits per heavy atom. The zero-order chi connectivity index (χ0) is 24.4. The lowest BCUT2D eigenvalue weighted by Crippen LogP contribution is -2.48. The molecule has 4 rings (SSSR count). The molecule has 3 N–H and O–H groups in total. The van der Waals surface area contributed by atoms with E-state index in [1.165, 1.54) is 17.9 Å². The molecule has 0 fully saturated rings. The van der Waals surface area contributed by atoms with Gasteiger partial charge in [0.05, 0.1) is 18.3 Å². The highest BCUT2D eigenvalue weighted by Gasteiger charge is 2.31. The van der Waals surface area contributed by atoms with Gasteiger partial charge in [0, 0.05) is 48.7 Å². The van der Waals surface area contributed by atoms with Gasteiger partial charge in [0.2, 0.25) is 11.8 Å². The van der Waals surface area contributed by atoms with Gasteiger partial charge in [-0.3, -0.25) is 14.9 Å². The van der Waals surface area contributed by atoms with Gasteiger partial charge in [-0.1, -0.05) is 31.1 Å². The van der Waals surface area contributed by atoms with Crippen molar-refractivity contribution in [3.8, 4) is 0 Å². The zero-order valence-electron chi connectivity index (χ0n) is 20.7. The summed E-state index contributed by atoms with van der Waals surface area (Å²) in [5.74, 6) is 1.16. The third kappa shape index (κ3) is 5.01. The van der Waals surface area contributed by atoms with Crippen molar-refractivity contribution in [1.82, 2.24) is 25.7 Å². The van der Waals surface area contributed by atoms with Gasteiger partial charge >= 0.3 is 0 Å². The molecule has 2 atom stereocenters. The van der Waals surface area contributed by atoms with E-state index in [-0.39, 0.29) is 23.9 Å². The van der Waals surface area contributed by atoms with Crippen molar-refractivity contribution in [2.75, 3.05) is 13.1 Å². The van der Waals surface area contributed by atoms with Crippen LogP contribution in [0.3, 0.4) is 0 Å². The first kappa shape index (κ1) is 24.0. The molecule has 1 aliphatic rings. The zero-order valence-corrected chi connectivity index (χ0v) is 20.7. The van der Waals surface area contributed by atoms with E-state index in [4.69, 9.17) is 4.52 Å². The molecule has 0 radical (unpaired) electrons. The van der Waals surface area contributed by atoms with Crippen molar-refractivity contribution in [1.29, 1.82) is 0 Å². The third-order valence-electron chi connectivity index (χ3n) is 6.55. The van der Waals surface area contributed by atoms with Gasteiger partial charge in [0.15, 0.2) is 0 Å². The van der Waals surface area contributed by atoms with Crippen LogP contribution in [-0.2, 0) is 22.6 Å². The number of carbonyl (C=O) groups is 2. The number of nitrogens with zero attached hydrogens (tertiary/aromatic N) is 2. The monoisotopic (exact) mass is 465 g/mol. The first-order valence-electron chi connectivity index (χ1n) is 12.0. The maximum Gasteiger partial charge on any atom is 0.237 e. The number of rotatable bonds is 8. The van der Waals surface area contributed by atoms with Crippen LogP contribution in [0.15, 0.2) is 28.9 Å². The van der Waals surface area contributed by atoms with E-state index in [0.29, 0.717) is 32.0 Å². The number of amides is 2. The summed E-state index contributed by atoms with van der Waals surface area (Å²) >= 11 is 0. The first-order valence-corrected chi connectivity index (χ1v) is 12.0. The molecule has 0 aliphatic carbocycles. The van der Waals surface area contributed by atoms with Gasteiger partial charge in [-0.15, -0.1) is 0 Å². The fourth-order valence-corrected chi connectivity index (χ4v) is 4.94. The maximum absolute atomic E-state index is 13.1. The Hall–Kier alpha value is -3.13. The average molecular weight is 466 g/mol. The van der Waals surface area contributed by atoms with E-state index in [0.717, 1.165) is 34.5 Å². The highest BCUT2D eigenvalue weighted by Crippen LogP contribution is 2.36. The second kappa shape index (κ2) is 10.0. The largest absolute Gasteiger partial charge is 0.361 e. The van der Waals surface area contributed by atoms with Crippen LogP contribution in [0, 0.1) is 19.8 Å². The van der Waals surface area contributed by atoms with E-state index in [2.05, 4.69) is 63.9 Å². The van der Waals surface area contributed by atoms with Gasteiger partial charge in [-0.05, 0) is 49.8 Å². The van der Waals surface area contributed by atoms with E-state index in [1.807, 2.05) is 13.8 Å². The van der Waals surface area contributed by atoms with E-state index in [1.54, 1.807) is 0 Å². The number of hydrogen-bond donors (Lipinski definition) is 3.